The lowest BCUT2D eigenvalue weighted by Crippen LogP contribution is -2.59. The van der Waals surface area contributed by atoms with Crippen LogP contribution in [0.25, 0.3) is 0 Å². The van der Waals surface area contributed by atoms with Gasteiger partial charge in [0, 0.05) is 6.04 Å². The third kappa shape index (κ3) is 2.80. The van der Waals surface area contributed by atoms with Crippen molar-refractivity contribution in [3.8, 4) is 0 Å². The maximum atomic E-state index is 12.7. The first-order valence-electron chi connectivity index (χ1n) is 9.73. The minimum Gasteiger partial charge on any atom is -0.441 e. The van der Waals surface area contributed by atoms with Crippen molar-refractivity contribution in [3.05, 3.63) is 35.9 Å². The second-order valence-corrected chi connectivity index (χ2v) is 7.68. The number of amides is 1. The van der Waals surface area contributed by atoms with Gasteiger partial charge in [0.05, 0.1) is 13.2 Å². The third-order valence-corrected chi connectivity index (χ3v) is 6.07. The van der Waals surface area contributed by atoms with Gasteiger partial charge in [-0.2, -0.15) is 0 Å². The molecule has 6 heteroatoms. The van der Waals surface area contributed by atoms with Crippen LogP contribution in [0.4, 0.5) is 4.79 Å². The van der Waals surface area contributed by atoms with E-state index in [1.807, 2.05) is 35.2 Å². The lowest BCUT2D eigenvalue weighted by atomic mass is 9.90. The highest BCUT2D eigenvalue weighted by Crippen LogP contribution is 2.41. The van der Waals surface area contributed by atoms with Crippen molar-refractivity contribution in [2.24, 2.45) is 0 Å². The van der Waals surface area contributed by atoms with E-state index in [0.29, 0.717) is 13.2 Å². The Bertz CT molecular complexity index is 647. The van der Waals surface area contributed by atoms with E-state index in [0.717, 1.165) is 18.4 Å². The molecule has 1 aromatic carbocycles. The Labute approximate surface area is 153 Å². The van der Waals surface area contributed by atoms with Gasteiger partial charge in [-0.1, -0.05) is 49.6 Å². The third-order valence-electron chi connectivity index (χ3n) is 6.07. The summed E-state index contributed by atoms with van der Waals surface area (Å²) in [5.74, 6) is 0. The van der Waals surface area contributed by atoms with Crippen molar-refractivity contribution in [1.29, 1.82) is 0 Å². The Hall–Kier alpha value is -1.63. The summed E-state index contributed by atoms with van der Waals surface area (Å²) in [6.07, 6.45) is 4.19. The van der Waals surface area contributed by atoms with Crippen LogP contribution in [0, 0.1) is 0 Å². The summed E-state index contributed by atoms with van der Waals surface area (Å²) >= 11 is 0. The quantitative estimate of drug-likeness (QED) is 0.827. The van der Waals surface area contributed by atoms with Crippen LogP contribution in [0.5, 0.6) is 0 Å². The van der Waals surface area contributed by atoms with Crippen LogP contribution in [-0.2, 0) is 25.6 Å². The zero-order valence-corrected chi connectivity index (χ0v) is 14.8. The molecular weight excluding hydrogens is 334 g/mol. The molecule has 4 fully saturated rings. The summed E-state index contributed by atoms with van der Waals surface area (Å²) in [5.41, 5.74) is 1.08. The molecule has 1 aromatic rings. The predicted octanol–water partition coefficient (Wildman–Crippen LogP) is 2.85. The highest BCUT2D eigenvalue weighted by Gasteiger charge is 2.61. The number of hydrogen-bond acceptors (Lipinski definition) is 5. The molecule has 3 aliphatic heterocycles. The van der Waals surface area contributed by atoms with Gasteiger partial charge in [-0.25, -0.2) is 4.79 Å². The lowest BCUT2D eigenvalue weighted by molar-refractivity contribution is -0.217. The molecule has 1 saturated carbocycles. The summed E-state index contributed by atoms with van der Waals surface area (Å²) in [7, 11) is 0. The fourth-order valence-electron chi connectivity index (χ4n) is 4.82. The Kier molecular flexibility index (Phi) is 4.35. The molecule has 4 aliphatic rings. The van der Waals surface area contributed by atoms with E-state index < -0.39 is 12.4 Å². The zero-order chi connectivity index (χ0) is 17.5. The smallest absolute Gasteiger partial charge is 0.410 e. The average Bonchev–Trinajstić information content (AvgIpc) is 3.26. The molecule has 1 aliphatic carbocycles. The molecule has 2 bridgehead atoms. The summed E-state index contributed by atoms with van der Waals surface area (Å²) in [5, 5.41) is 0. The Morgan fingerprint density at radius 3 is 2.73 bits per heavy atom. The minimum absolute atomic E-state index is 0.106. The summed E-state index contributed by atoms with van der Waals surface area (Å²) in [4.78, 5) is 14.6. The molecule has 3 heterocycles. The van der Waals surface area contributed by atoms with Crippen molar-refractivity contribution < 1.29 is 23.7 Å². The standard InChI is InChI=1S/C20H25NO5/c22-20-21(14-9-5-2-6-10-14)16-15-12-24-19(25-15)18(17(16)26-20)23-11-13-7-3-1-4-8-13/h1,3-4,7-8,14-19H,2,5-6,9-12H2/t15-,16-,17+,18-,19-/m1/s1. The van der Waals surface area contributed by atoms with E-state index >= 15 is 0 Å². The second kappa shape index (κ2) is 6.83. The predicted molar refractivity (Wildman–Crippen MR) is 92.4 cm³/mol. The van der Waals surface area contributed by atoms with E-state index in [1.165, 1.54) is 19.3 Å². The van der Waals surface area contributed by atoms with Crippen LogP contribution in [-0.4, -0.2) is 54.3 Å². The molecule has 6 nitrogen and oxygen atoms in total. The Balaban J connectivity index is 1.35. The molecule has 0 unspecified atom stereocenters. The molecule has 26 heavy (non-hydrogen) atoms. The summed E-state index contributed by atoms with van der Waals surface area (Å²) < 4.78 is 23.8. The van der Waals surface area contributed by atoms with Gasteiger partial charge in [-0.3, -0.25) is 4.90 Å². The van der Waals surface area contributed by atoms with Crippen LogP contribution >= 0.6 is 0 Å². The highest BCUT2D eigenvalue weighted by atomic mass is 16.8. The number of fused-ring (bicyclic) bond motifs is 4. The lowest BCUT2D eigenvalue weighted by Gasteiger charge is -2.40. The van der Waals surface area contributed by atoms with Crippen LogP contribution in [0.3, 0.4) is 0 Å². The molecule has 0 N–H and O–H groups in total. The summed E-state index contributed by atoms with van der Waals surface area (Å²) in [6, 6.07) is 10.1. The van der Waals surface area contributed by atoms with Crippen LogP contribution < -0.4 is 0 Å². The number of nitrogens with zero attached hydrogens (tertiary/aromatic N) is 1. The molecular formula is C20H25NO5. The Morgan fingerprint density at radius 1 is 1.12 bits per heavy atom. The van der Waals surface area contributed by atoms with E-state index in [2.05, 4.69) is 0 Å². The molecule has 140 valence electrons. The number of carbonyl (C=O) groups is 1. The van der Waals surface area contributed by atoms with Crippen molar-refractivity contribution in [1.82, 2.24) is 4.90 Å². The van der Waals surface area contributed by atoms with Gasteiger partial charge in [-0.15, -0.1) is 0 Å². The van der Waals surface area contributed by atoms with Gasteiger partial charge in [0.1, 0.15) is 18.2 Å². The average molecular weight is 359 g/mol. The first-order chi connectivity index (χ1) is 12.8. The topological polar surface area (TPSA) is 57.2 Å². The monoisotopic (exact) mass is 359 g/mol. The second-order valence-electron chi connectivity index (χ2n) is 7.68. The maximum Gasteiger partial charge on any atom is 0.410 e. The molecule has 0 spiro atoms. The van der Waals surface area contributed by atoms with E-state index in [9.17, 15) is 4.79 Å². The largest absolute Gasteiger partial charge is 0.441 e. The van der Waals surface area contributed by atoms with Gasteiger partial charge in [0.25, 0.3) is 0 Å². The number of carbonyl (C=O) groups excluding carboxylic acids is 1. The van der Waals surface area contributed by atoms with Crippen LogP contribution in [0.1, 0.15) is 37.7 Å². The number of ether oxygens (including phenoxy) is 4. The van der Waals surface area contributed by atoms with E-state index in [-0.39, 0.29) is 30.4 Å². The molecule has 0 aromatic heterocycles. The minimum atomic E-state index is -0.455. The fraction of sp³-hybridized carbons (Fsp3) is 0.650. The molecule has 3 saturated heterocycles. The maximum absolute atomic E-state index is 12.7. The van der Waals surface area contributed by atoms with Gasteiger partial charge in [-0.05, 0) is 18.4 Å². The zero-order valence-electron chi connectivity index (χ0n) is 14.8. The fourth-order valence-corrected chi connectivity index (χ4v) is 4.82. The van der Waals surface area contributed by atoms with E-state index in [4.69, 9.17) is 18.9 Å². The number of benzene rings is 1. The molecule has 5 rings (SSSR count). The first kappa shape index (κ1) is 16.5. The SMILES string of the molecule is O=C1O[C@@H]2[C@@H](OCc3ccccc3)[C@@H]3OC[C@@H](O3)[C@H]2N1C1CCCCC1. The van der Waals surface area contributed by atoms with Crippen LogP contribution in [0.2, 0.25) is 0 Å². The van der Waals surface area contributed by atoms with Gasteiger partial charge in [0.15, 0.2) is 12.4 Å². The number of hydrogen-bond donors (Lipinski definition) is 0. The molecule has 1 amide bonds. The van der Waals surface area contributed by atoms with Gasteiger partial charge >= 0.3 is 6.09 Å². The van der Waals surface area contributed by atoms with Crippen molar-refractivity contribution in [2.45, 2.75) is 75.4 Å². The van der Waals surface area contributed by atoms with Gasteiger partial charge in [0.2, 0.25) is 0 Å². The van der Waals surface area contributed by atoms with Gasteiger partial charge < -0.3 is 18.9 Å². The number of rotatable bonds is 4. The Morgan fingerprint density at radius 2 is 1.92 bits per heavy atom. The highest BCUT2D eigenvalue weighted by molar-refractivity contribution is 5.71. The van der Waals surface area contributed by atoms with Crippen molar-refractivity contribution in [3.63, 3.8) is 0 Å². The van der Waals surface area contributed by atoms with Crippen molar-refractivity contribution >= 4 is 6.09 Å². The van der Waals surface area contributed by atoms with Crippen LogP contribution in [0.15, 0.2) is 30.3 Å². The summed E-state index contributed by atoms with van der Waals surface area (Å²) in [6.45, 7) is 0.945. The van der Waals surface area contributed by atoms with E-state index in [1.54, 1.807) is 0 Å². The normalized spacial score (nSPS) is 36.8. The molecule has 0 radical (unpaired) electrons. The molecule has 5 atom stereocenters. The first-order valence-corrected chi connectivity index (χ1v) is 9.73. The van der Waals surface area contributed by atoms with Crippen molar-refractivity contribution in [2.75, 3.05) is 6.61 Å².